The fourth-order valence-corrected chi connectivity index (χ4v) is 4.99. The first kappa shape index (κ1) is 25.4. The fraction of sp³-hybridized carbons (Fsp3) is 0.276. The summed E-state index contributed by atoms with van der Waals surface area (Å²) in [5.74, 6) is -1.14. The summed E-state index contributed by atoms with van der Waals surface area (Å²) < 4.78 is 1.17. The van der Waals surface area contributed by atoms with Crippen LogP contribution in [0.1, 0.15) is 55.1 Å². The number of nitrogens with zero attached hydrogens (tertiary/aromatic N) is 1. The molecule has 0 saturated heterocycles. The minimum Gasteiger partial charge on any atom is -0.480 e. The van der Waals surface area contributed by atoms with Gasteiger partial charge in [0.25, 0.3) is 5.91 Å². The summed E-state index contributed by atoms with van der Waals surface area (Å²) in [5, 5.41) is 16.2. The number of amides is 1. The highest BCUT2D eigenvalue weighted by Crippen LogP contribution is 2.31. The zero-order chi connectivity index (χ0) is 26.0. The molecule has 6 nitrogen and oxygen atoms in total. The Hall–Kier alpha value is -3.71. The highest BCUT2D eigenvalue weighted by atomic mass is 32.1. The van der Waals surface area contributed by atoms with Crippen molar-refractivity contribution in [1.82, 2.24) is 10.3 Å². The van der Waals surface area contributed by atoms with Crippen LogP contribution in [0.15, 0.2) is 60.7 Å². The molecule has 7 heteroatoms. The molecule has 0 aliphatic carbocycles. The summed E-state index contributed by atoms with van der Waals surface area (Å²) in [6.07, 6.45) is 0. The van der Waals surface area contributed by atoms with Crippen LogP contribution >= 0.6 is 11.3 Å². The molecule has 0 unspecified atom stereocenters. The van der Waals surface area contributed by atoms with Crippen molar-refractivity contribution in [2.75, 3.05) is 5.32 Å². The smallest absolute Gasteiger partial charge is 0.326 e. The normalized spacial score (nSPS) is 12.2. The van der Waals surface area contributed by atoms with E-state index in [0.29, 0.717) is 11.5 Å². The van der Waals surface area contributed by atoms with E-state index in [9.17, 15) is 14.7 Å². The number of aromatic nitrogens is 1. The Morgan fingerprint density at radius 1 is 0.917 bits per heavy atom. The summed E-state index contributed by atoms with van der Waals surface area (Å²) in [5.41, 5.74) is 6.51. The lowest BCUT2D eigenvalue weighted by atomic mass is 9.98. The van der Waals surface area contributed by atoms with E-state index in [1.807, 2.05) is 43.3 Å². The summed E-state index contributed by atoms with van der Waals surface area (Å²) >= 11 is 1.64. The summed E-state index contributed by atoms with van der Waals surface area (Å²) in [7, 11) is 0. The number of thiazole rings is 1. The van der Waals surface area contributed by atoms with Gasteiger partial charge in [0.1, 0.15) is 6.04 Å². The van der Waals surface area contributed by atoms with Crippen molar-refractivity contribution in [3.05, 3.63) is 77.4 Å². The molecule has 1 aromatic heterocycles. The molecule has 1 amide bonds. The molecule has 0 radical (unpaired) electrons. The van der Waals surface area contributed by atoms with Crippen molar-refractivity contribution in [2.45, 2.75) is 46.6 Å². The number of anilines is 2. The van der Waals surface area contributed by atoms with Crippen molar-refractivity contribution in [1.29, 1.82) is 0 Å². The minimum absolute atomic E-state index is 0.210. The third kappa shape index (κ3) is 5.57. The highest BCUT2D eigenvalue weighted by Gasteiger charge is 2.24. The lowest BCUT2D eigenvalue weighted by Gasteiger charge is -2.18. The van der Waals surface area contributed by atoms with Gasteiger partial charge in [-0.1, -0.05) is 69.4 Å². The zero-order valence-electron chi connectivity index (χ0n) is 21.1. The van der Waals surface area contributed by atoms with Crippen molar-refractivity contribution >= 4 is 44.2 Å². The fourth-order valence-electron chi connectivity index (χ4n) is 4.05. The number of carboxylic acids is 1. The van der Waals surface area contributed by atoms with E-state index in [2.05, 4.69) is 42.7 Å². The van der Waals surface area contributed by atoms with Gasteiger partial charge in [0.05, 0.1) is 10.2 Å². The van der Waals surface area contributed by atoms with Crippen LogP contribution in [0.25, 0.3) is 21.3 Å². The first-order chi connectivity index (χ1) is 17.1. The molecule has 0 aliphatic rings. The number of carbonyl (C=O) groups is 2. The van der Waals surface area contributed by atoms with Gasteiger partial charge in [0.15, 0.2) is 5.13 Å². The van der Waals surface area contributed by atoms with Crippen molar-refractivity contribution in [3.8, 4) is 11.1 Å². The summed E-state index contributed by atoms with van der Waals surface area (Å²) in [4.78, 5) is 28.8. The monoisotopic (exact) mass is 501 g/mol. The summed E-state index contributed by atoms with van der Waals surface area (Å²) in [6.45, 7) is 9.78. The van der Waals surface area contributed by atoms with E-state index in [1.165, 1.54) is 10.3 Å². The van der Waals surface area contributed by atoms with E-state index < -0.39 is 12.0 Å². The second-order valence-corrected chi connectivity index (χ2v) is 10.7. The van der Waals surface area contributed by atoms with Gasteiger partial charge < -0.3 is 15.7 Å². The molecule has 0 spiro atoms. The molecule has 4 rings (SSSR count). The Balaban J connectivity index is 1.47. The zero-order valence-corrected chi connectivity index (χ0v) is 21.9. The number of carboxylic acid groups (broad SMARTS) is 1. The maximum atomic E-state index is 12.7. The topological polar surface area (TPSA) is 91.3 Å². The predicted octanol–water partition coefficient (Wildman–Crippen LogP) is 6.98. The average molecular weight is 502 g/mol. The third-order valence-electron chi connectivity index (χ3n) is 6.24. The number of carbonyl (C=O) groups excluding carboxylic acids is 1. The van der Waals surface area contributed by atoms with Crippen LogP contribution in [0.5, 0.6) is 0 Å². The van der Waals surface area contributed by atoms with E-state index in [-0.39, 0.29) is 11.8 Å². The summed E-state index contributed by atoms with van der Waals surface area (Å²) in [6, 6.07) is 19.2. The molecule has 36 heavy (non-hydrogen) atoms. The predicted molar refractivity (Wildman–Crippen MR) is 147 cm³/mol. The Morgan fingerprint density at radius 2 is 1.61 bits per heavy atom. The van der Waals surface area contributed by atoms with Crippen molar-refractivity contribution in [2.24, 2.45) is 5.92 Å². The molecule has 1 atom stereocenters. The Kier molecular flexibility index (Phi) is 7.40. The number of nitrogens with one attached hydrogen (secondary N) is 2. The molecule has 0 saturated carbocycles. The first-order valence-electron chi connectivity index (χ1n) is 12.0. The Labute approximate surface area is 215 Å². The Bertz CT molecular complexity index is 1410. The van der Waals surface area contributed by atoms with Crippen LogP contribution in [0.2, 0.25) is 0 Å². The van der Waals surface area contributed by atoms with Crippen LogP contribution in [0.3, 0.4) is 0 Å². The largest absolute Gasteiger partial charge is 0.480 e. The van der Waals surface area contributed by atoms with E-state index in [4.69, 9.17) is 4.98 Å². The standard InChI is InChI=1S/C29H31N3O3S/c1-16(2)20-9-13-24-25(15-20)36-29(31-24)30-22-10-6-19(7-11-22)21-8-12-23(18(5)14-21)27(33)32-26(17(3)4)28(34)35/h6-17,26H,1-5H3,(H,30,31)(H,32,33)(H,34,35)/t26-/m0/s1. The van der Waals surface area contributed by atoms with Gasteiger partial charge in [-0.05, 0) is 71.3 Å². The van der Waals surface area contributed by atoms with E-state index >= 15 is 0 Å². The van der Waals surface area contributed by atoms with Gasteiger partial charge in [-0.25, -0.2) is 9.78 Å². The van der Waals surface area contributed by atoms with Gasteiger partial charge in [0.2, 0.25) is 0 Å². The third-order valence-corrected chi connectivity index (χ3v) is 7.17. The second kappa shape index (κ2) is 10.5. The van der Waals surface area contributed by atoms with Crippen LogP contribution in [-0.4, -0.2) is 28.0 Å². The number of aryl methyl sites for hydroxylation is 1. The number of aliphatic carboxylic acids is 1. The SMILES string of the molecule is Cc1cc(-c2ccc(Nc3nc4ccc(C(C)C)cc4s3)cc2)ccc1C(=O)N[C@H](C(=O)O)C(C)C. The van der Waals surface area contributed by atoms with Crippen LogP contribution in [0.4, 0.5) is 10.8 Å². The van der Waals surface area contributed by atoms with Gasteiger partial charge in [0, 0.05) is 11.3 Å². The van der Waals surface area contributed by atoms with Crippen LogP contribution in [-0.2, 0) is 4.79 Å². The van der Waals surface area contributed by atoms with Gasteiger partial charge in [-0.15, -0.1) is 0 Å². The first-order valence-corrected chi connectivity index (χ1v) is 12.9. The van der Waals surface area contributed by atoms with Gasteiger partial charge >= 0.3 is 5.97 Å². The van der Waals surface area contributed by atoms with Crippen molar-refractivity contribution < 1.29 is 14.7 Å². The molecule has 186 valence electrons. The second-order valence-electron chi connectivity index (χ2n) is 9.67. The number of benzene rings is 3. The number of hydrogen-bond donors (Lipinski definition) is 3. The van der Waals surface area contributed by atoms with Crippen molar-refractivity contribution in [3.63, 3.8) is 0 Å². The molecule has 1 heterocycles. The molecule has 0 fully saturated rings. The number of rotatable bonds is 8. The molecule has 3 N–H and O–H groups in total. The maximum Gasteiger partial charge on any atom is 0.326 e. The number of hydrogen-bond acceptors (Lipinski definition) is 5. The Morgan fingerprint density at radius 3 is 2.22 bits per heavy atom. The molecular formula is C29H31N3O3S. The van der Waals surface area contributed by atoms with Gasteiger partial charge in [-0.3, -0.25) is 4.79 Å². The molecule has 3 aromatic carbocycles. The van der Waals surface area contributed by atoms with E-state index in [0.717, 1.165) is 33.0 Å². The lowest BCUT2D eigenvalue weighted by Crippen LogP contribution is -2.44. The van der Waals surface area contributed by atoms with Crippen LogP contribution < -0.4 is 10.6 Å². The lowest BCUT2D eigenvalue weighted by molar-refractivity contribution is -0.140. The molecule has 4 aromatic rings. The maximum absolute atomic E-state index is 12.7. The molecular weight excluding hydrogens is 470 g/mol. The van der Waals surface area contributed by atoms with Gasteiger partial charge in [-0.2, -0.15) is 0 Å². The molecule has 0 bridgehead atoms. The van der Waals surface area contributed by atoms with E-state index in [1.54, 1.807) is 31.3 Å². The average Bonchev–Trinajstić information content (AvgIpc) is 3.23. The number of fused-ring (bicyclic) bond motifs is 1. The van der Waals surface area contributed by atoms with Crippen LogP contribution in [0, 0.1) is 12.8 Å². The minimum atomic E-state index is -1.03. The highest BCUT2D eigenvalue weighted by molar-refractivity contribution is 7.22. The quantitative estimate of drug-likeness (QED) is 0.242. The molecule has 0 aliphatic heterocycles.